The van der Waals surface area contributed by atoms with Gasteiger partial charge in [-0.1, -0.05) is 37.2 Å². The van der Waals surface area contributed by atoms with Gasteiger partial charge in [0.15, 0.2) is 22.6 Å². The summed E-state index contributed by atoms with van der Waals surface area (Å²) in [7, 11) is 0. The van der Waals surface area contributed by atoms with E-state index in [1.807, 2.05) is 6.92 Å². The number of nitrogens with one attached hydrogen (secondary N) is 1. The van der Waals surface area contributed by atoms with E-state index >= 15 is 0 Å². The summed E-state index contributed by atoms with van der Waals surface area (Å²) in [5, 5.41) is 3.30. The first-order valence-corrected chi connectivity index (χ1v) is 10.6. The minimum atomic E-state index is -1.64. The molecule has 0 spiro atoms. The van der Waals surface area contributed by atoms with Crippen molar-refractivity contribution in [1.82, 2.24) is 15.0 Å². The highest BCUT2D eigenvalue weighted by molar-refractivity contribution is 8.14. The van der Waals surface area contributed by atoms with E-state index in [9.17, 15) is 13.2 Å². The summed E-state index contributed by atoms with van der Waals surface area (Å²) in [5.41, 5.74) is 5.04. The highest BCUT2D eigenvalue weighted by atomic mass is 35.5. The minimum Gasteiger partial charge on any atom is -0.379 e. The number of fused-ring (bicyclic) bond motifs is 1. The van der Waals surface area contributed by atoms with Gasteiger partial charge in [-0.3, -0.25) is 0 Å². The van der Waals surface area contributed by atoms with Crippen LogP contribution in [-0.4, -0.2) is 32.0 Å². The second kappa shape index (κ2) is 8.16. The second-order valence-corrected chi connectivity index (χ2v) is 9.14. The maximum absolute atomic E-state index is 14.9. The van der Waals surface area contributed by atoms with Crippen LogP contribution in [0.5, 0.6) is 0 Å². The van der Waals surface area contributed by atoms with Gasteiger partial charge in [-0.15, -0.1) is 0 Å². The van der Waals surface area contributed by atoms with Gasteiger partial charge in [-0.25, -0.2) is 33.1 Å². The van der Waals surface area contributed by atoms with Gasteiger partial charge in [0.1, 0.15) is 24.1 Å². The molecule has 1 aliphatic heterocycles. The van der Waals surface area contributed by atoms with Gasteiger partial charge in [-0.2, -0.15) is 0 Å². The second-order valence-electron chi connectivity index (χ2n) is 7.31. The fourth-order valence-corrected chi connectivity index (χ4v) is 4.84. The van der Waals surface area contributed by atoms with Gasteiger partial charge in [-0.05, 0) is 12.1 Å². The Morgan fingerprint density at radius 3 is 2.71 bits per heavy atom. The number of anilines is 2. The molecule has 6 nitrogen and oxygen atoms in total. The van der Waals surface area contributed by atoms with Crippen molar-refractivity contribution in [2.45, 2.75) is 24.6 Å². The predicted molar refractivity (Wildman–Crippen MR) is 117 cm³/mol. The Balaban J connectivity index is 1.84. The molecule has 4 rings (SSSR count). The highest BCUT2D eigenvalue weighted by Gasteiger charge is 2.46. The smallest absolute Gasteiger partial charge is 0.164 e. The zero-order chi connectivity index (χ0) is 22.3. The molecule has 3 atom stereocenters. The lowest BCUT2D eigenvalue weighted by Crippen LogP contribution is -2.45. The van der Waals surface area contributed by atoms with E-state index in [0.29, 0.717) is 16.1 Å². The lowest BCUT2D eigenvalue weighted by molar-refractivity contribution is 0.215. The number of pyridine rings is 1. The Morgan fingerprint density at radius 1 is 1.19 bits per heavy atom. The summed E-state index contributed by atoms with van der Waals surface area (Å²) < 4.78 is 43.9. The molecule has 0 fully saturated rings. The Bertz CT molecular complexity index is 1190. The molecule has 162 valence electrons. The van der Waals surface area contributed by atoms with Crippen LogP contribution >= 0.6 is 23.4 Å². The maximum atomic E-state index is 14.9. The van der Waals surface area contributed by atoms with Crippen molar-refractivity contribution in [1.29, 1.82) is 0 Å². The SMILES string of the molecule is CC1SC(N)=N[C@](CF)(c2cc(Nc3ncnc4cc(Cl)cnc34)cc(F)c2F)C1C. The summed E-state index contributed by atoms with van der Waals surface area (Å²) in [5.74, 6) is -2.49. The van der Waals surface area contributed by atoms with Crippen molar-refractivity contribution in [2.75, 3.05) is 12.0 Å². The Labute approximate surface area is 185 Å². The molecule has 3 N–H and O–H groups in total. The van der Waals surface area contributed by atoms with Gasteiger partial charge in [0, 0.05) is 34.7 Å². The topological polar surface area (TPSA) is 89.1 Å². The molecule has 3 heterocycles. The van der Waals surface area contributed by atoms with Crippen LogP contribution in [0.1, 0.15) is 19.4 Å². The molecule has 0 saturated carbocycles. The number of thioether (sulfide) groups is 1. The van der Waals surface area contributed by atoms with Crippen LogP contribution < -0.4 is 11.1 Å². The molecule has 1 aromatic carbocycles. The number of hydrogen-bond donors (Lipinski definition) is 2. The third-order valence-electron chi connectivity index (χ3n) is 5.48. The molecule has 0 aliphatic carbocycles. The lowest BCUT2D eigenvalue weighted by Gasteiger charge is -2.40. The summed E-state index contributed by atoms with van der Waals surface area (Å²) in [4.78, 5) is 16.7. The van der Waals surface area contributed by atoms with Gasteiger partial charge in [0.05, 0.1) is 10.5 Å². The van der Waals surface area contributed by atoms with E-state index in [-0.39, 0.29) is 27.5 Å². The first kappa shape index (κ1) is 21.6. The predicted octanol–water partition coefficient (Wildman–Crippen LogP) is 4.95. The number of aromatic nitrogens is 3. The number of hydrogen-bond acceptors (Lipinski definition) is 7. The van der Waals surface area contributed by atoms with Crippen molar-refractivity contribution < 1.29 is 13.2 Å². The van der Waals surface area contributed by atoms with Crippen molar-refractivity contribution in [3.8, 4) is 0 Å². The average Bonchev–Trinajstić information content (AvgIpc) is 2.73. The monoisotopic (exact) mass is 466 g/mol. The molecule has 0 amide bonds. The van der Waals surface area contributed by atoms with Gasteiger partial charge < -0.3 is 11.1 Å². The summed E-state index contributed by atoms with van der Waals surface area (Å²) in [6.07, 6.45) is 2.72. The zero-order valence-corrected chi connectivity index (χ0v) is 18.1. The van der Waals surface area contributed by atoms with E-state index in [2.05, 4.69) is 25.3 Å². The van der Waals surface area contributed by atoms with E-state index in [0.717, 1.165) is 6.07 Å². The number of halogens is 4. The van der Waals surface area contributed by atoms with Crippen molar-refractivity contribution in [3.63, 3.8) is 0 Å². The number of nitrogens with two attached hydrogens (primary N) is 1. The minimum absolute atomic E-state index is 0.129. The highest BCUT2D eigenvalue weighted by Crippen LogP contribution is 2.46. The quantitative estimate of drug-likeness (QED) is 0.565. The van der Waals surface area contributed by atoms with Crippen LogP contribution in [0, 0.1) is 17.6 Å². The molecule has 0 bridgehead atoms. The molecule has 1 aliphatic rings. The third kappa shape index (κ3) is 3.78. The molecular formula is C20H18ClF3N6S. The van der Waals surface area contributed by atoms with Crippen molar-refractivity contribution in [3.05, 3.63) is 52.9 Å². The number of benzene rings is 1. The summed E-state index contributed by atoms with van der Waals surface area (Å²) in [6, 6.07) is 3.90. The zero-order valence-electron chi connectivity index (χ0n) is 16.5. The Kier molecular flexibility index (Phi) is 5.69. The number of aliphatic imine (C=N–C) groups is 1. The number of nitrogens with zero attached hydrogens (tertiary/aromatic N) is 4. The number of rotatable bonds is 4. The normalized spacial score (nSPS) is 23.6. The van der Waals surface area contributed by atoms with Crippen LogP contribution in [0.15, 0.2) is 35.7 Å². The molecule has 0 radical (unpaired) electrons. The van der Waals surface area contributed by atoms with Gasteiger partial charge in [0.25, 0.3) is 0 Å². The van der Waals surface area contributed by atoms with Crippen LogP contribution in [-0.2, 0) is 5.54 Å². The fourth-order valence-electron chi connectivity index (χ4n) is 3.66. The van der Waals surface area contributed by atoms with Gasteiger partial charge in [0.2, 0.25) is 0 Å². The fraction of sp³-hybridized carbons (Fsp3) is 0.300. The molecule has 2 aromatic heterocycles. The first-order valence-electron chi connectivity index (χ1n) is 9.36. The van der Waals surface area contributed by atoms with Gasteiger partial charge >= 0.3 is 0 Å². The van der Waals surface area contributed by atoms with E-state index < -0.39 is 29.8 Å². The Hall–Kier alpha value is -2.59. The summed E-state index contributed by atoms with van der Waals surface area (Å²) >= 11 is 7.22. The maximum Gasteiger partial charge on any atom is 0.164 e. The van der Waals surface area contributed by atoms with Crippen LogP contribution in [0.2, 0.25) is 5.02 Å². The molecule has 0 saturated heterocycles. The standard InChI is InChI=1S/C20H18ClF3N6S/c1-9-10(2)31-19(25)30-20(9,7-22)13-4-12(5-14(23)16(13)24)29-18-17-15(27-8-28-18)3-11(21)6-26-17/h3-6,8-10H,7H2,1-2H3,(H2,25,30)(H,27,28,29)/t9?,10?,20-/m0/s1. The Morgan fingerprint density at radius 2 is 1.97 bits per heavy atom. The molecular weight excluding hydrogens is 449 g/mol. The van der Waals surface area contributed by atoms with Crippen molar-refractivity contribution in [2.24, 2.45) is 16.6 Å². The van der Waals surface area contributed by atoms with E-state index in [1.54, 1.807) is 13.0 Å². The molecule has 11 heteroatoms. The average molecular weight is 467 g/mol. The summed E-state index contributed by atoms with van der Waals surface area (Å²) in [6.45, 7) is 2.56. The van der Waals surface area contributed by atoms with Crippen molar-refractivity contribution >= 4 is 51.1 Å². The molecule has 31 heavy (non-hydrogen) atoms. The van der Waals surface area contributed by atoms with Crippen LogP contribution in [0.25, 0.3) is 11.0 Å². The molecule has 3 aromatic rings. The third-order valence-corrected chi connectivity index (χ3v) is 6.80. The largest absolute Gasteiger partial charge is 0.379 e. The number of amidine groups is 1. The first-order chi connectivity index (χ1) is 14.7. The lowest BCUT2D eigenvalue weighted by atomic mass is 9.78. The molecule has 2 unspecified atom stereocenters. The van der Waals surface area contributed by atoms with Crippen LogP contribution in [0.3, 0.4) is 0 Å². The van der Waals surface area contributed by atoms with E-state index in [1.165, 1.54) is 30.4 Å². The van der Waals surface area contributed by atoms with E-state index in [4.69, 9.17) is 17.3 Å². The number of alkyl halides is 1. The van der Waals surface area contributed by atoms with Crippen LogP contribution in [0.4, 0.5) is 24.7 Å².